The molecule has 0 atom stereocenters. The number of esters is 1. The van der Waals surface area contributed by atoms with Gasteiger partial charge in [-0.3, -0.25) is 4.68 Å². The van der Waals surface area contributed by atoms with Crippen molar-refractivity contribution in [1.29, 1.82) is 0 Å². The Bertz CT molecular complexity index is 829. The van der Waals surface area contributed by atoms with E-state index in [2.05, 4.69) is 10.1 Å². The van der Waals surface area contributed by atoms with Gasteiger partial charge in [0.15, 0.2) is 0 Å². The average Bonchev–Trinajstić information content (AvgIpc) is 3.21. The van der Waals surface area contributed by atoms with E-state index >= 15 is 0 Å². The fourth-order valence-electron chi connectivity index (χ4n) is 1.91. The molecule has 0 N–H and O–H groups in total. The molecule has 8 heteroatoms. The average molecular weight is 347 g/mol. The van der Waals surface area contributed by atoms with Gasteiger partial charge in [-0.25, -0.2) is 14.2 Å². The van der Waals surface area contributed by atoms with E-state index in [4.69, 9.17) is 9.47 Å². The van der Waals surface area contributed by atoms with Crippen molar-refractivity contribution in [3.05, 3.63) is 64.1 Å². The number of benzene rings is 1. The molecule has 0 radical (unpaired) electrons. The van der Waals surface area contributed by atoms with E-state index in [0.717, 1.165) is 5.01 Å². The molecule has 0 fully saturated rings. The van der Waals surface area contributed by atoms with E-state index in [9.17, 15) is 9.18 Å². The zero-order valence-electron chi connectivity index (χ0n) is 12.8. The Balaban J connectivity index is 1.50. The molecule has 2 heterocycles. The summed E-state index contributed by atoms with van der Waals surface area (Å²) >= 11 is 1.41. The second kappa shape index (κ2) is 7.22. The van der Waals surface area contributed by atoms with Gasteiger partial charge in [-0.15, -0.1) is 11.3 Å². The number of aromatic nitrogens is 3. The lowest BCUT2D eigenvalue weighted by molar-refractivity contribution is 0.0468. The van der Waals surface area contributed by atoms with Crippen LogP contribution in [0.3, 0.4) is 0 Å². The standard InChI is InChI=1S/C16H14FN3O3S/c1-20-7-11(6-18-20)16(21)23-8-13-10-24-15(19-13)9-22-14-4-2-12(17)3-5-14/h2-7,10H,8-9H2,1H3. The van der Waals surface area contributed by atoms with Crippen molar-refractivity contribution in [3.8, 4) is 5.75 Å². The van der Waals surface area contributed by atoms with Gasteiger partial charge in [-0.05, 0) is 24.3 Å². The third-order valence-electron chi connectivity index (χ3n) is 3.07. The molecule has 0 unspecified atom stereocenters. The highest BCUT2D eigenvalue weighted by molar-refractivity contribution is 7.09. The largest absolute Gasteiger partial charge is 0.486 e. The highest BCUT2D eigenvalue weighted by atomic mass is 32.1. The van der Waals surface area contributed by atoms with Gasteiger partial charge in [0.2, 0.25) is 0 Å². The summed E-state index contributed by atoms with van der Waals surface area (Å²) in [5, 5.41) is 6.47. The Morgan fingerprint density at radius 3 is 2.79 bits per heavy atom. The lowest BCUT2D eigenvalue weighted by atomic mass is 10.3. The Kier molecular flexibility index (Phi) is 4.85. The molecule has 0 saturated carbocycles. The van der Waals surface area contributed by atoms with Crippen molar-refractivity contribution in [3.63, 3.8) is 0 Å². The second-order valence-electron chi connectivity index (χ2n) is 4.95. The van der Waals surface area contributed by atoms with E-state index in [-0.39, 0.29) is 19.0 Å². The third kappa shape index (κ3) is 4.17. The van der Waals surface area contributed by atoms with Crippen molar-refractivity contribution in [2.75, 3.05) is 0 Å². The Hall–Kier alpha value is -2.74. The minimum absolute atomic E-state index is 0.0841. The number of hydrogen-bond acceptors (Lipinski definition) is 6. The smallest absolute Gasteiger partial charge is 0.341 e. The zero-order valence-corrected chi connectivity index (χ0v) is 13.6. The van der Waals surface area contributed by atoms with Gasteiger partial charge in [-0.1, -0.05) is 0 Å². The number of thiazole rings is 1. The van der Waals surface area contributed by atoms with Crippen molar-refractivity contribution in [2.45, 2.75) is 13.2 Å². The summed E-state index contributed by atoms with van der Waals surface area (Å²) in [6.45, 7) is 0.355. The summed E-state index contributed by atoms with van der Waals surface area (Å²) in [5.41, 5.74) is 1.04. The first-order valence-electron chi connectivity index (χ1n) is 7.07. The van der Waals surface area contributed by atoms with Crippen LogP contribution in [0.1, 0.15) is 21.1 Å². The summed E-state index contributed by atoms with van der Waals surface area (Å²) in [6.07, 6.45) is 3.04. The van der Waals surface area contributed by atoms with Gasteiger partial charge in [-0.2, -0.15) is 5.10 Å². The molecule has 3 rings (SSSR count). The Morgan fingerprint density at radius 1 is 1.29 bits per heavy atom. The van der Waals surface area contributed by atoms with Gasteiger partial charge < -0.3 is 9.47 Å². The van der Waals surface area contributed by atoms with E-state index < -0.39 is 5.97 Å². The van der Waals surface area contributed by atoms with Gasteiger partial charge >= 0.3 is 5.97 Å². The highest BCUT2D eigenvalue weighted by Crippen LogP contribution is 2.16. The molecule has 2 aromatic heterocycles. The van der Waals surface area contributed by atoms with Crippen LogP contribution in [0.15, 0.2) is 42.0 Å². The van der Waals surface area contributed by atoms with Gasteiger partial charge in [0.25, 0.3) is 0 Å². The van der Waals surface area contributed by atoms with Crippen LogP contribution in [-0.2, 0) is 25.0 Å². The molecule has 3 aromatic rings. The SMILES string of the molecule is Cn1cc(C(=O)OCc2csc(COc3ccc(F)cc3)n2)cn1. The number of halogens is 1. The predicted molar refractivity (Wildman–Crippen MR) is 85.2 cm³/mol. The fourth-order valence-corrected chi connectivity index (χ4v) is 2.60. The number of rotatable bonds is 6. The van der Waals surface area contributed by atoms with Crippen LogP contribution in [-0.4, -0.2) is 20.7 Å². The van der Waals surface area contributed by atoms with Crippen LogP contribution in [0.5, 0.6) is 5.75 Å². The summed E-state index contributed by atoms with van der Waals surface area (Å²) < 4.78 is 25.1. The van der Waals surface area contributed by atoms with Crippen LogP contribution in [0.2, 0.25) is 0 Å². The molecule has 6 nitrogen and oxygen atoms in total. The number of carbonyl (C=O) groups excluding carboxylic acids is 1. The molecule has 0 aliphatic rings. The van der Waals surface area contributed by atoms with Crippen molar-refractivity contribution < 1.29 is 18.7 Å². The predicted octanol–water partition coefficient (Wildman–Crippen LogP) is 2.95. The number of hydrogen-bond donors (Lipinski definition) is 0. The minimum Gasteiger partial charge on any atom is -0.486 e. The number of carbonyl (C=O) groups is 1. The molecule has 124 valence electrons. The topological polar surface area (TPSA) is 66.2 Å². The molecule has 0 aliphatic heterocycles. The molecule has 1 aromatic carbocycles. The van der Waals surface area contributed by atoms with Crippen molar-refractivity contribution >= 4 is 17.3 Å². The van der Waals surface area contributed by atoms with Crippen molar-refractivity contribution in [1.82, 2.24) is 14.8 Å². The van der Waals surface area contributed by atoms with Crippen molar-refractivity contribution in [2.24, 2.45) is 7.05 Å². The summed E-state index contributed by atoms with van der Waals surface area (Å²) in [6, 6.07) is 5.78. The molecular formula is C16H14FN3O3S. The minimum atomic E-state index is -0.444. The Labute approximate surface area is 141 Å². The molecule has 0 saturated heterocycles. The first-order valence-corrected chi connectivity index (χ1v) is 7.95. The zero-order chi connectivity index (χ0) is 16.9. The molecule has 0 aliphatic carbocycles. The normalized spacial score (nSPS) is 10.6. The Morgan fingerprint density at radius 2 is 2.08 bits per heavy atom. The van der Waals surface area contributed by atoms with Gasteiger partial charge in [0.05, 0.1) is 17.5 Å². The van der Waals surface area contributed by atoms with E-state index in [1.54, 1.807) is 30.8 Å². The molecule has 0 bridgehead atoms. The maximum Gasteiger partial charge on any atom is 0.341 e. The lowest BCUT2D eigenvalue weighted by Gasteiger charge is -2.03. The third-order valence-corrected chi connectivity index (χ3v) is 3.94. The summed E-state index contributed by atoms with van der Waals surface area (Å²) in [4.78, 5) is 16.2. The quantitative estimate of drug-likeness (QED) is 0.642. The van der Waals surface area contributed by atoms with Crippen LogP contribution >= 0.6 is 11.3 Å². The number of aryl methyl sites for hydroxylation is 1. The highest BCUT2D eigenvalue weighted by Gasteiger charge is 2.11. The van der Waals surface area contributed by atoms with E-state index in [1.165, 1.54) is 34.3 Å². The van der Waals surface area contributed by atoms with Gasteiger partial charge in [0, 0.05) is 18.6 Å². The lowest BCUT2D eigenvalue weighted by Crippen LogP contribution is -2.04. The van der Waals surface area contributed by atoms with Crippen LogP contribution in [0, 0.1) is 5.82 Å². The van der Waals surface area contributed by atoms with E-state index in [1.807, 2.05) is 0 Å². The number of nitrogens with zero attached hydrogens (tertiary/aromatic N) is 3. The number of ether oxygens (including phenoxy) is 2. The summed E-state index contributed by atoms with van der Waals surface area (Å²) in [7, 11) is 1.73. The van der Waals surface area contributed by atoms with Gasteiger partial charge in [0.1, 0.15) is 29.8 Å². The maximum atomic E-state index is 12.8. The van der Waals surface area contributed by atoms with Crippen LogP contribution in [0.4, 0.5) is 4.39 Å². The molecule has 24 heavy (non-hydrogen) atoms. The van der Waals surface area contributed by atoms with Crippen LogP contribution in [0.25, 0.3) is 0 Å². The fraction of sp³-hybridized carbons (Fsp3) is 0.188. The first-order chi connectivity index (χ1) is 11.6. The van der Waals surface area contributed by atoms with Crippen LogP contribution < -0.4 is 4.74 Å². The molecular weight excluding hydrogens is 333 g/mol. The maximum absolute atomic E-state index is 12.8. The summed E-state index contributed by atoms with van der Waals surface area (Å²) in [5.74, 6) is -0.189. The first kappa shape index (κ1) is 16.1. The monoisotopic (exact) mass is 347 g/mol. The molecule has 0 spiro atoms. The molecule has 0 amide bonds. The second-order valence-corrected chi connectivity index (χ2v) is 5.90. The van der Waals surface area contributed by atoms with E-state index in [0.29, 0.717) is 17.0 Å².